The van der Waals surface area contributed by atoms with Gasteiger partial charge in [-0.3, -0.25) is 9.52 Å². The molecule has 32 heavy (non-hydrogen) atoms. The van der Waals surface area contributed by atoms with Crippen molar-refractivity contribution >= 4 is 38.1 Å². The number of carbonyl (C=O) groups is 1. The second kappa shape index (κ2) is 9.66. The van der Waals surface area contributed by atoms with Gasteiger partial charge in [0.2, 0.25) is 0 Å². The molecule has 2 aromatic carbocycles. The Balaban J connectivity index is 1.38. The first kappa shape index (κ1) is 22.2. The molecule has 7 nitrogen and oxygen atoms in total. The monoisotopic (exact) mass is 474 g/mol. The lowest BCUT2D eigenvalue weighted by atomic mass is 9.98. The van der Waals surface area contributed by atoms with E-state index in [0.29, 0.717) is 18.0 Å². The molecular formula is C22H23FN4O3S2. The maximum absolute atomic E-state index is 13.9. The van der Waals surface area contributed by atoms with E-state index in [-0.39, 0.29) is 11.6 Å². The molecule has 0 aliphatic carbocycles. The highest BCUT2D eigenvalue weighted by molar-refractivity contribution is 7.92. The van der Waals surface area contributed by atoms with Crippen LogP contribution in [-0.2, 0) is 10.0 Å². The number of amides is 1. The lowest BCUT2D eigenvalue weighted by molar-refractivity contribution is 0.0945. The largest absolute Gasteiger partial charge is 0.352 e. The molecule has 0 saturated carbocycles. The van der Waals surface area contributed by atoms with E-state index in [9.17, 15) is 17.6 Å². The van der Waals surface area contributed by atoms with Gasteiger partial charge in [0.05, 0.1) is 0 Å². The first-order valence-electron chi connectivity index (χ1n) is 10.2. The van der Waals surface area contributed by atoms with Gasteiger partial charge in [-0.15, -0.1) is 11.3 Å². The van der Waals surface area contributed by atoms with Gasteiger partial charge in [0.15, 0.2) is 5.13 Å². The molecule has 1 aliphatic rings. The van der Waals surface area contributed by atoms with Crippen LogP contribution >= 0.6 is 11.3 Å². The zero-order valence-corrected chi connectivity index (χ0v) is 18.8. The molecule has 0 radical (unpaired) electrons. The van der Waals surface area contributed by atoms with E-state index in [4.69, 9.17) is 0 Å². The van der Waals surface area contributed by atoms with E-state index in [1.165, 1.54) is 30.3 Å². The second-order valence-corrected chi connectivity index (χ2v) is 10.1. The molecule has 1 saturated heterocycles. The minimum Gasteiger partial charge on any atom is -0.352 e. The Kier molecular flexibility index (Phi) is 6.71. The summed E-state index contributed by atoms with van der Waals surface area (Å²) in [5.74, 6) is -0.823. The number of hydrogen-bond acceptors (Lipinski definition) is 6. The fourth-order valence-corrected chi connectivity index (χ4v) is 5.52. The first-order chi connectivity index (χ1) is 15.4. The number of piperidine rings is 1. The summed E-state index contributed by atoms with van der Waals surface area (Å²) in [7, 11) is -4.11. The number of thiazole rings is 1. The van der Waals surface area contributed by atoms with Crippen LogP contribution in [0.4, 0.5) is 15.2 Å². The van der Waals surface area contributed by atoms with Crippen molar-refractivity contribution < 1.29 is 17.6 Å². The highest BCUT2D eigenvalue weighted by Gasteiger charge is 2.23. The Morgan fingerprint density at radius 2 is 2.06 bits per heavy atom. The third kappa shape index (κ3) is 5.25. The van der Waals surface area contributed by atoms with Crippen molar-refractivity contribution in [3.8, 4) is 0 Å². The Morgan fingerprint density at radius 1 is 1.22 bits per heavy atom. The van der Waals surface area contributed by atoms with Crippen molar-refractivity contribution in [3.63, 3.8) is 0 Å². The second-order valence-electron chi connectivity index (χ2n) is 7.60. The quantitative estimate of drug-likeness (QED) is 0.545. The number of carbonyl (C=O) groups excluding carboxylic acids is 1. The van der Waals surface area contributed by atoms with Crippen molar-refractivity contribution in [2.24, 2.45) is 5.92 Å². The fourth-order valence-electron chi connectivity index (χ4n) is 3.71. The summed E-state index contributed by atoms with van der Waals surface area (Å²) < 4.78 is 41.2. The highest BCUT2D eigenvalue weighted by Crippen LogP contribution is 2.25. The highest BCUT2D eigenvalue weighted by atomic mass is 32.2. The summed E-state index contributed by atoms with van der Waals surface area (Å²) in [6.45, 7) is 2.31. The Morgan fingerprint density at radius 3 is 2.84 bits per heavy atom. The molecule has 2 N–H and O–H groups in total. The molecule has 3 aromatic rings. The fraction of sp³-hybridized carbons (Fsp3) is 0.273. The zero-order chi connectivity index (χ0) is 22.6. The Labute approximate surface area is 190 Å². The molecule has 1 fully saturated rings. The SMILES string of the molecule is O=C(NCC1CCCN(c2nccs2)C1)c1cccc(NS(=O)(=O)c2ccccc2F)c1. The molecule has 1 aliphatic heterocycles. The molecular weight excluding hydrogens is 451 g/mol. The molecule has 168 valence electrons. The molecule has 1 unspecified atom stereocenters. The number of halogens is 1. The third-order valence-electron chi connectivity index (χ3n) is 5.26. The van der Waals surface area contributed by atoms with Crippen molar-refractivity contribution in [1.29, 1.82) is 0 Å². The maximum Gasteiger partial charge on any atom is 0.264 e. The summed E-state index contributed by atoms with van der Waals surface area (Å²) in [5, 5.41) is 5.89. The minimum atomic E-state index is -4.11. The average Bonchev–Trinajstić information content (AvgIpc) is 3.33. The Hall–Kier alpha value is -2.98. The standard InChI is InChI=1S/C22H23FN4O3S2/c23-19-8-1-2-9-20(19)32(29,30)26-18-7-3-6-17(13-18)21(28)25-14-16-5-4-11-27(15-16)22-24-10-12-31-22/h1-3,6-10,12-13,16,26H,4-5,11,14-15H2,(H,25,28). The van der Waals surface area contributed by atoms with Gasteiger partial charge in [-0.2, -0.15) is 0 Å². The van der Waals surface area contributed by atoms with E-state index in [2.05, 4.69) is 19.9 Å². The molecule has 2 heterocycles. The Bertz CT molecular complexity index is 1190. The maximum atomic E-state index is 13.9. The topological polar surface area (TPSA) is 91.4 Å². The smallest absolute Gasteiger partial charge is 0.264 e. The van der Waals surface area contributed by atoms with E-state index < -0.39 is 20.7 Å². The van der Waals surface area contributed by atoms with E-state index in [1.807, 2.05) is 5.38 Å². The number of nitrogens with zero attached hydrogens (tertiary/aromatic N) is 2. The average molecular weight is 475 g/mol. The number of aromatic nitrogens is 1. The lowest BCUT2D eigenvalue weighted by Crippen LogP contribution is -2.41. The number of sulfonamides is 1. The van der Waals surface area contributed by atoms with Gasteiger partial charge in [-0.25, -0.2) is 17.8 Å². The van der Waals surface area contributed by atoms with Crippen LogP contribution in [0.5, 0.6) is 0 Å². The van der Waals surface area contributed by atoms with Gasteiger partial charge >= 0.3 is 0 Å². The predicted molar refractivity (Wildman–Crippen MR) is 123 cm³/mol. The van der Waals surface area contributed by atoms with Gasteiger partial charge in [0.1, 0.15) is 10.7 Å². The van der Waals surface area contributed by atoms with E-state index in [1.54, 1.807) is 29.7 Å². The summed E-state index contributed by atoms with van der Waals surface area (Å²) in [5.41, 5.74) is 0.514. The molecule has 0 bridgehead atoms. The number of nitrogens with one attached hydrogen (secondary N) is 2. The van der Waals surface area contributed by atoms with Crippen LogP contribution < -0.4 is 14.9 Å². The number of hydrogen-bond donors (Lipinski definition) is 2. The first-order valence-corrected chi connectivity index (χ1v) is 12.6. The summed E-state index contributed by atoms with van der Waals surface area (Å²) in [4.78, 5) is 18.8. The number of rotatable bonds is 7. The van der Waals surface area contributed by atoms with Crippen LogP contribution in [0, 0.1) is 11.7 Å². The zero-order valence-electron chi connectivity index (χ0n) is 17.2. The lowest BCUT2D eigenvalue weighted by Gasteiger charge is -2.32. The molecule has 1 amide bonds. The summed E-state index contributed by atoms with van der Waals surface area (Å²) in [6, 6.07) is 11.3. The summed E-state index contributed by atoms with van der Waals surface area (Å²) in [6.07, 6.45) is 3.84. The third-order valence-corrected chi connectivity index (χ3v) is 7.51. The normalized spacial score (nSPS) is 16.5. The molecule has 0 spiro atoms. The van der Waals surface area contributed by atoms with E-state index >= 15 is 0 Å². The van der Waals surface area contributed by atoms with Crippen LogP contribution in [0.2, 0.25) is 0 Å². The van der Waals surface area contributed by atoms with Gasteiger partial charge in [-0.05, 0) is 49.1 Å². The van der Waals surface area contributed by atoms with Crippen molar-refractivity contribution in [2.45, 2.75) is 17.7 Å². The van der Waals surface area contributed by atoms with Crippen molar-refractivity contribution in [1.82, 2.24) is 10.3 Å². The van der Waals surface area contributed by atoms with Crippen LogP contribution in [0.15, 0.2) is 65.0 Å². The molecule has 1 aromatic heterocycles. The number of benzene rings is 2. The predicted octanol–water partition coefficient (Wildman–Crippen LogP) is 3.73. The van der Waals surface area contributed by atoms with Crippen molar-refractivity contribution in [3.05, 3.63) is 71.5 Å². The van der Waals surface area contributed by atoms with Gasteiger partial charge in [0, 0.05) is 42.5 Å². The molecule has 1 atom stereocenters. The van der Waals surface area contributed by atoms with Crippen LogP contribution in [-0.4, -0.2) is 38.9 Å². The van der Waals surface area contributed by atoms with Crippen LogP contribution in [0.3, 0.4) is 0 Å². The van der Waals surface area contributed by atoms with Gasteiger partial charge in [-0.1, -0.05) is 18.2 Å². The number of anilines is 2. The van der Waals surface area contributed by atoms with E-state index in [0.717, 1.165) is 37.1 Å². The van der Waals surface area contributed by atoms with Crippen molar-refractivity contribution in [2.75, 3.05) is 29.3 Å². The summed E-state index contributed by atoms with van der Waals surface area (Å²) >= 11 is 1.61. The van der Waals surface area contributed by atoms with Gasteiger partial charge < -0.3 is 10.2 Å². The van der Waals surface area contributed by atoms with Crippen LogP contribution in [0.1, 0.15) is 23.2 Å². The molecule has 4 rings (SSSR count). The van der Waals surface area contributed by atoms with Gasteiger partial charge in [0.25, 0.3) is 15.9 Å². The minimum absolute atomic E-state index is 0.188. The van der Waals surface area contributed by atoms with Crippen LogP contribution in [0.25, 0.3) is 0 Å². The molecule has 10 heteroatoms.